The van der Waals surface area contributed by atoms with Gasteiger partial charge in [0, 0.05) is 14.5 Å². The molecule has 0 aliphatic heterocycles. The Morgan fingerprint density at radius 1 is 1.00 bits per heavy atom. The van der Waals surface area contributed by atoms with Gasteiger partial charge in [-0.2, -0.15) is 0 Å². The minimum absolute atomic E-state index is 0.566. The van der Waals surface area contributed by atoms with Gasteiger partial charge in [-0.1, -0.05) is 37.9 Å². The lowest BCUT2D eigenvalue weighted by Crippen LogP contribution is -1.96. The maximum absolute atomic E-state index is 9.71. The Hall–Kier alpha value is -0.840. The summed E-state index contributed by atoms with van der Waals surface area (Å²) in [5, 5.41) is 9.71. The van der Waals surface area contributed by atoms with Crippen LogP contribution in [0.1, 0.15) is 18.6 Å². The van der Waals surface area contributed by atoms with Crippen LogP contribution in [0.4, 0.5) is 0 Å². The molecule has 1 atom stereocenters. The van der Waals surface area contributed by atoms with Crippen LogP contribution in [0.15, 0.2) is 51.4 Å². The van der Waals surface area contributed by atoms with Crippen molar-refractivity contribution in [3.63, 3.8) is 0 Å². The summed E-state index contributed by atoms with van der Waals surface area (Å²) >= 11 is 6.78. The fourth-order valence-corrected chi connectivity index (χ4v) is 2.18. The Bertz CT molecular complexity index is 536. The van der Waals surface area contributed by atoms with E-state index in [1.54, 1.807) is 6.92 Å². The van der Waals surface area contributed by atoms with E-state index < -0.39 is 6.10 Å². The Balaban J connectivity index is 2.32. The van der Waals surface area contributed by atoms with E-state index in [0.717, 1.165) is 20.3 Å². The van der Waals surface area contributed by atoms with E-state index in [9.17, 15) is 5.11 Å². The first-order chi connectivity index (χ1) is 8.56. The van der Waals surface area contributed by atoms with E-state index in [4.69, 9.17) is 4.74 Å². The summed E-state index contributed by atoms with van der Waals surface area (Å²) in [5.41, 5.74) is 0.765. The molecule has 2 aromatic carbocycles. The molecule has 1 N–H and O–H groups in total. The maximum Gasteiger partial charge on any atom is 0.134 e. The largest absolute Gasteiger partial charge is 0.457 e. The van der Waals surface area contributed by atoms with E-state index in [0.29, 0.717) is 5.75 Å². The van der Waals surface area contributed by atoms with Crippen molar-refractivity contribution in [1.82, 2.24) is 0 Å². The van der Waals surface area contributed by atoms with Gasteiger partial charge in [0.25, 0.3) is 0 Å². The topological polar surface area (TPSA) is 29.5 Å². The first-order valence-electron chi connectivity index (χ1n) is 5.47. The van der Waals surface area contributed by atoms with Crippen LogP contribution in [-0.4, -0.2) is 5.11 Å². The molecule has 0 saturated heterocycles. The van der Waals surface area contributed by atoms with E-state index in [1.807, 2.05) is 42.5 Å². The first kappa shape index (κ1) is 13.6. The van der Waals surface area contributed by atoms with Crippen LogP contribution in [-0.2, 0) is 0 Å². The summed E-state index contributed by atoms with van der Waals surface area (Å²) in [5.74, 6) is 1.39. The number of aliphatic hydroxyl groups is 1. The average Bonchev–Trinajstić information content (AvgIpc) is 2.32. The molecule has 0 fully saturated rings. The lowest BCUT2D eigenvalue weighted by Gasteiger charge is -2.13. The number of ether oxygens (including phenoxy) is 1. The van der Waals surface area contributed by atoms with Crippen molar-refractivity contribution >= 4 is 31.9 Å². The Labute approximate surface area is 123 Å². The molecule has 0 radical (unpaired) electrons. The van der Waals surface area contributed by atoms with Crippen LogP contribution in [0.25, 0.3) is 0 Å². The molecule has 4 heteroatoms. The van der Waals surface area contributed by atoms with Gasteiger partial charge < -0.3 is 9.84 Å². The number of hydrogen-bond donors (Lipinski definition) is 1. The zero-order valence-corrected chi connectivity index (χ0v) is 12.9. The highest BCUT2D eigenvalue weighted by atomic mass is 79.9. The molecule has 94 valence electrons. The molecule has 0 heterocycles. The molecule has 0 aliphatic carbocycles. The van der Waals surface area contributed by atoms with Crippen LogP contribution in [0.2, 0.25) is 0 Å². The molecule has 2 nitrogen and oxygen atoms in total. The molecule has 2 aromatic rings. The van der Waals surface area contributed by atoms with Crippen molar-refractivity contribution in [2.45, 2.75) is 13.0 Å². The van der Waals surface area contributed by atoms with Crippen molar-refractivity contribution in [2.75, 3.05) is 0 Å². The van der Waals surface area contributed by atoms with Crippen molar-refractivity contribution in [1.29, 1.82) is 0 Å². The van der Waals surface area contributed by atoms with Crippen molar-refractivity contribution in [2.24, 2.45) is 0 Å². The highest BCUT2D eigenvalue weighted by Crippen LogP contribution is 2.32. The zero-order valence-electron chi connectivity index (χ0n) is 9.73. The van der Waals surface area contributed by atoms with Crippen molar-refractivity contribution in [3.8, 4) is 11.5 Å². The minimum Gasteiger partial charge on any atom is -0.457 e. The van der Waals surface area contributed by atoms with Crippen LogP contribution in [0.5, 0.6) is 11.5 Å². The van der Waals surface area contributed by atoms with E-state index >= 15 is 0 Å². The van der Waals surface area contributed by atoms with Crippen LogP contribution in [0, 0.1) is 0 Å². The van der Waals surface area contributed by atoms with Gasteiger partial charge in [-0.05, 0) is 43.3 Å². The minimum atomic E-state index is -0.566. The monoisotopic (exact) mass is 370 g/mol. The fraction of sp³-hybridized carbons (Fsp3) is 0.143. The van der Waals surface area contributed by atoms with Gasteiger partial charge >= 0.3 is 0 Å². The van der Waals surface area contributed by atoms with Gasteiger partial charge in [0.2, 0.25) is 0 Å². The lowest BCUT2D eigenvalue weighted by atomic mass is 10.1. The SMILES string of the molecule is CC(O)c1ccc(Br)cc1Oc1ccc(Br)cc1. The molecular weight excluding hydrogens is 360 g/mol. The summed E-state index contributed by atoms with van der Waals surface area (Å²) in [6.45, 7) is 1.72. The Kier molecular flexibility index (Phi) is 4.43. The smallest absolute Gasteiger partial charge is 0.134 e. The first-order valence-corrected chi connectivity index (χ1v) is 7.06. The Morgan fingerprint density at radius 3 is 2.22 bits per heavy atom. The summed E-state index contributed by atoms with van der Waals surface area (Å²) in [4.78, 5) is 0. The molecule has 1 unspecified atom stereocenters. The summed E-state index contributed by atoms with van der Waals surface area (Å²) in [6, 6.07) is 13.2. The number of aliphatic hydroxyl groups excluding tert-OH is 1. The molecule has 2 rings (SSSR count). The average molecular weight is 372 g/mol. The third kappa shape index (κ3) is 3.34. The van der Waals surface area contributed by atoms with E-state index in [-0.39, 0.29) is 0 Å². The molecule has 0 aromatic heterocycles. The second kappa shape index (κ2) is 5.87. The Morgan fingerprint density at radius 2 is 1.61 bits per heavy atom. The third-order valence-corrected chi connectivity index (χ3v) is 3.49. The van der Waals surface area contributed by atoms with Crippen LogP contribution >= 0.6 is 31.9 Å². The molecule has 18 heavy (non-hydrogen) atoms. The number of halogens is 2. The number of hydrogen-bond acceptors (Lipinski definition) is 2. The van der Waals surface area contributed by atoms with Gasteiger partial charge in [-0.25, -0.2) is 0 Å². The van der Waals surface area contributed by atoms with Gasteiger partial charge in [0.1, 0.15) is 11.5 Å². The van der Waals surface area contributed by atoms with Gasteiger partial charge in [0.15, 0.2) is 0 Å². The highest BCUT2D eigenvalue weighted by molar-refractivity contribution is 9.10. The maximum atomic E-state index is 9.71. The predicted molar refractivity (Wildman–Crippen MR) is 79.0 cm³/mol. The van der Waals surface area contributed by atoms with Crippen molar-refractivity contribution in [3.05, 3.63) is 57.0 Å². The molecule has 0 bridgehead atoms. The number of benzene rings is 2. The normalized spacial score (nSPS) is 12.2. The van der Waals surface area contributed by atoms with Gasteiger partial charge in [-0.15, -0.1) is 0 Å². The van der Waals surface area contributed by atoms with Gasteiger partial charge in [0.05, 0.1) is 6.10 Å². The summed E-state index contributed by atoms with van der Waals surface area (Å²) < 4.78 is 7.71. The predicted octanol–water partition coefficient (Wildman–Crippen LogP) is 5.06. The second-order valence-electron chi connectivity index (χ2n) is 3.91. The standard InChI is InChI=1S/C14H12Br2O2/c1-9(17)13-7-4-11(16)8-14(13)18-12-5-2-10(15)3-6-12/h2-9,17H,1H3. The molecule has 0 amide bonds. The third-order valence-electron chi connectivity index (χ3n) is 2.47. The second-order valence-corrected chi connectivity index (χ2v) is 5.75. The number of rotatable bonds is 3. The van der Waals surface area contributed by atoms with Crippen molar-refractivity contribution < 1.29 is 9.84 Å². The van der Waals surface area contributed by atoms with Gasteiger partial charge in [-0.3, -0.25) is 0 Å². The molecule has 0 saturated carbocycles. The quantitative estimate of drug-likeness (QED) is 0.817. The molecule has 0 aliphatic rings. The van der Waals surface area contributed by atoms with E-state index in [2.05, 4.69) is 31.9 Å². The molecule has 0 spiro atoms. The lowest BCUT2D eigenvalue weighted by molar-refractivity contribution is 0.195. The fourth-order valence-electron chi connectivity index (χ4n) is 1.57. The van der Waals surface area contributed by atoms with E-state index in [1.165, 1.54) is 0 Å². The van der Waals surface area contributed by atoms with Crippen LogP contribution in [0.3, 0.4) is 0 Å². The zero-order chi connectivity index (χ0) is 13.1. The molecular formula is C14H12Br2O2. The summed E-state index contributed by atoms with van der Waals surface area (Å²) in [7, 11) is 0. The highest BCUT2D eigenvalue weighted by Gasteiger charge is 2.10. The summed E-state index contributed by atoms with van der Waals surface area (Å²) in [6.07, 6.45) is -0.566. The van der Waals surface area contributed by atoms with Crippen LogP contribution < -0.4 is 4.74 Å².